The average molecular weight is 312 g/mol. The molecule has 0 heterocycles. The van der Waals surface area contributed by atoms with Gasteiger partial charge in [0.05, 0.1) is 18.8 Å². The maximum absolute atomic E-state index is 11.2. The van der Waals surface area contributed by atoms with Gasteiger partial charge in [-0.2, -0.15) is 0 Å². The van der Waals surface area contributed by atoms with Crippen molar-refractivity contribution in [2.24, 2.45) is 11.8 Å². The predicted octanol–water partition coefficient (Wildman–Crippen LogP) is 3.21. The number of hydrogen-bond acceptors (Lipinski definition) is 4. The molecule has 1 aliphatic carbocycles. The largest absolute Gasteiger partial charge is 0.466 e. The Balaban J connectivity index is 2.18. The lowest BCUT2D eigenvalue weighted by Crippen LogP contribution is -2.18. The van der Waals surface area contributed by atoms with E-state index in [0.29, 0.717) is 24.9 Å². The van der Waals surface area contributed by atoms with Crippen LogP contribution in [0.15, 0.2) is 12.2 Å². The number of aliphatic hydroxyl groups excluding tert-OH is 2. The number of esters is 1. The van der Waals surface area contributed by atoms with Gasteiger partial charge in [0.15, 0.2) is 0 Å². The highest BCUT2D eigenvalue weighted by Gasteiger charge is 2.32. The summed E-state index contributed by atoms with van der Waals surface area (Å²) in [7, 11) is 0. The van der Waals surface area contributed by atoms with E-state index < -0.39 is 6.10 Å². The van der Waals surface area contributed by atoms with E-state index in [4.69, 9.17) is 4.74 Å². The Labute approximate surface area is 134 Å². The van der Waals surface area contributed by atoms with E-state index in [9.17, 15) is 15.0 Å². The summed E-state index contributed by atoms with van der Waals surface area (Å²) in [4.78, 5) is 11.2. The van der Waals surface area contributed by atoms with E-state index >= 15 is 0 Å². The number of rotatable bonds is 10. The lowest BCUT2D eigenvalue weighted by atomic mass is 9.88. The van der Waals surface area contributed by atoms with Gasteiger partial charge >= 0.3 is 5.97 Å². The third kappa shape index (κ3) is 7.41. The van der Waals surface area contributed by atoms with Crippen molar-refractivity contribution in [3.05, 3.63) is 12.2 Å². The molecule has 1 aliphatic rings. The predicted molar refractivity (Wildman–Crippen MR) is 87.4 cm³/mol. The van der Waals surface area contributed by atoms with Crippen LogP contribution >= 0.6 is 0 Å². The second-order valence-electron chi connectivity index (χ2n) is 6.36. The molecule has 0 aliphatic heterocycles. The summed E-state index contributed by atoms with van der Waals surface area (Å²) in [5.41, 5.74) is 0. The third-order valence-electron chi connectivity index (χ3n) is 4.45. The van der Waals surface area contributed by atoms with Crippen molar-refractivity contribution in [3.8, 4) is 0 Å². The molecular formula is C18H32O4. The van der Waals surface area contributed by atoms with Crippen molar-refractivity contribution in [1.29, 1.82) is 0 Å². The molecule has 4 nitrogen and oxygen atoms in total. The van der Waals surface area contributed by atoms with Crippen molar-refractivity contribution in [2.45, 2.75) is 77.4 Å². The van der Waals surface area contributed by atoms with Crippen LogP contribution in [0, 0.1) is 11.8 Å². The molecule has 1 rings (SSSR count). The first-order valence-corrected chi connectivity index (χ1v) is 8.74. The highest BCUT2D eigenvalue weighted by Crippen LogP contribution is 2.36. The number of carbonyl (C=O) groups excluding carboxylic acids is 1. The number of ether oxygens (including phenoxy) is 1. The molecular weight excluding hydrogens is 280 g/mol. The van der Waals surface area contributed by atoms with Crippen LogP contribution in [0.2, 0.25) is 0 Å². The molecule has 0 aromatic rings. The molecule has 4 atom stereocenters. The van der Waals surface area contributed by atoms with Gasteiger partial charge in [-0.3, -0.25) is 4.79 Å². The molecule has 128 valence electrons. The minimum absolute atomic E-state index is 0.1000. The summed E-state index contributed by atoms with van der Waals surface area (Å²) < 4.78 is 4.90. The summed E-state index contributed by atoms with van der Waals surface area (Å²) in [5, 5.41) is 19.4. The smallest absolute Gasteiger partial charge is 0.305 e. The van der Waals surface area contributed by atoms with E-state index in [0.717, 1.165) is 44.9 Å². The highest BCUT2D eigenvalue weighted by atomic mass is 16.5. The molecule has 0 amide bonds. The Bertz CT molecular complexity index is 338. The first-order chi connectivity index (χ1) is 10.5. The molecule has 0 aromatic heterocycles. The topological polar surface area (TPSA) is 66.8 Å². The van der Waals surface area contributed by atoms with Crippen molar-refractivity contribution in [3.63, 3.8) is 0 Å². The van der Waals surface area contributed by atoms with Crippen LogP contribution in [0.5, 0.6) is 0 Å². The Morgan fingerprint density at radius 2 is 2.00 bits per heavy atom. The van der Waals surface area contributed by atoms with Gasteiger partial charge in [0.2, 0.25) is 0 Å². The lowest BCUT2D eigenvalue weighted by molar-refractivity contribution is -0.143. The van der Waals surface area contributed by atoms with Gasteiger partial charge in [-0.25, -0.2) is 0 Å². The summed E-state index contributed by atoms with van der Waals surface area (Å²) >= 11 is 0. The van der Waals surface area contributed by atoms with Crippen molar-refractivity contribution < 1.29 is 19.7 Å². The van der Waals surface area contributed by atoms with E-state index in [1.807, 2.05) is 13.0 Å². The first-order valence-electron chi connectivity index (χ1n) is 8.74. The van der Waals surface area contributed by atoms with Crippen LogP contribution in [-0.2, 0) is 9.53 Å². The van der Waals surface area contributed by atoms with Gasteiger partial charge in [0, 0.05) is 6.42 Å². The van der Waals surface area contributed by atoms with E-state index in [2.05, 4.69) is 6.08 Å². The van der Waals surface area contributed by atoms with Crippen LogP contribution in [0.1, 0.15) is 65.2 Å². The molecule has 2 N–H and O–H groups in total. The van der Waals surface area contributed by atoms with Gasteiger partial charge < -0.3 is 14.9 Å². The van der Waals surface area contributed by atoms with E-state index in [1.54, 1.807) is 6.92 Å². The number of unbranched alkanes of at least 4 members (excludes halogenated alkanes) is 3. The van der Waals surface area contributed by atoms with Crippen LogP contribution in [0.25, 0.3) is 0 Å². The van der Waals surface area contributed by atoms with E-state index in [1.165, 1.54) is 0 Å². The maximum Gasteiger partial charge on any atom is 0.305 e. The summed E-state index contributed by atoms with van der Waals surface area (Å²) in [5.74, 6) is 0.612. The van der Waals surface area contributed by atoms with Crippen LogP contribution in [0.4, 0.5) is 0 Å². The van der Waals surface area contributed by atoms with Crippen LogP contribution < -0.4 is 0 Å². The lowest BCUT2D eigenvalue weighted by Gasteiger charge is -2.19. The van der Waals surface area contributed by atoms with Crippen LogP contribution in [0.3, 0.4) is 0 Å². The van der Waals surface area contributed by atoms with Gasteiger partial charge in [0.1, 0.15) is 0 Å². The molecule has 22 heavy (non-hydrogen) atoms. The number of carbonyl (C=O) groups is 1. The number of hydrogen-bond donors (Lipinski definition) is 2. The fourth-order valence-corrected chi connectivity index (χ4v) is 3.26. The monoisotopic (exact) mass is 312 g/mol. The van der Waals surface area contributed by atoms with Crippen molar-refractivity contribution >= 4 is 5.97 Å². The molecule has 1 saturated carbocycles. The number of aliphatic hydroxyl groups is 2. The van der Waals surface area contributed by atoms with Crippen LogP contribution in [-0.4, -0.2) is 35.0 Å². The fourth-order valence-electron chi connectivity index (χ4n) is 3.26. The SMILES string of the molecule is CCOC(=O)CCCCCCC1C(O)CCC1C=CC(C)O. The molecule has 4 unspecified atom stereocenters. The maximum atomic E-state index is 11.2. The second-order valence-corrected chi connectivity index (χ2v) is 6.36. The molecule has 0 spiro atoms. The Kier molecular flexibility index (Phi) is 9.41. The standard InChI is InChI=1S/C18H32O4/c1-3-22-18(21)9-7-5-4-6-8-16-15(11-10-14(2)19)12-13-17(16)20/h10-11,14-17,19-20H,3-9,12-13H2,1-2H3. The van der Waals surface area contributed by atoms with Crippen molar-refractivity contribution in [1.82, 2.24) is 0 Å². The van der Waals surface area contributed by atoms with Gasteiger partial charge in [0.25, 0.3) is 0 Å². The molecule has 1 fully saturated rings. The summed E-state index contributed by atoms with van der Waals surface area (Å²) in [6.45, 7) is 4.04. The molecule has 4 heteroatoms. The first kappa shape index (κ1) is 19.2. The average Bonchev–Trinajstić information content (AvgIpc) is 2.81. The molecule has 0 bridgehead atoms. The fraction of sp³-hybridized carbons (Fsp3) is 0.833. The Morgan fingerprint density at radius 3 is 2.68 bits per heavy atom. The highest BCUT2D eigenvalue weighted by molar-refractivity contribution is 5.69. The second kappa shape index (κ2) is 10.8. The number of allylic oxidation sites excluding steroid dienone is 1. The third-order valence-corrected chi connectivity index (χ3v) is 4.45. The Morgan fingerprint density at radius 1 is 1.27 bits per heavy atom. The minimum Gasteiger partial charge on any atom is -0.466 e. The van der Waals surface area contributed by atoms with Gasteiger partial charge in [-0.05, 0) is 51.4 Å². The Hall–Kier alpha value is -0.870. The molecule has 0 saturated heterocycles. The quantitative estimate of drug-likeness (QED) is 0.369. The van der Waals surface area contributed by atoms with Gasteiger partial charge in [-0.15, -0.1) is 0 Å². The zero-order chi connectivity index (χ0) is 16.4. The zero-order valence-electron chi connectivity index (χ0n) is 14.0. The zero-order valence-corrected chi connectivity index (χ0v) is 14.0. The summed E-state index contributed by atoms with van der Waals surface area (Å²) in [6, 6.07) is 0. The van der Waals surface area contributed by atoms with Crippen molar-refractivity contribution in [2.75, 3.05) is 6.61 Å². The minimum atomic E-state index is -0.415. The molecule has 0 aromatic carbocycles. The van der Waals surface area contributed by atoms with Gasteiger partial charge in [-0.1, -0.05) is 31.4 Å². The van der Waals surface area contributed by atoms with E-state index in [-0.39, 0.29) is 12.1 Å². The normalized spacial score (nSPS) is 26.5. The summed E-state index contributed by atoms with van der Waals surface area (Å²) in [6.07, 6.45) is 10.8. The molecule has 0 radical (unpaired) electrons.